The van der Waals surface area contributed by atoms with Gasteiger partial charge in [-0.15, -0.1) is 0 Å². The number of anilines is 3. The van der Waals surface area contributed by atoms with Crippen LogP contribution in [0.1, 0.15) is 6.92 Å². The van der Waals surface area contributed by atoms with Gasteiger partial charge in [0.1, 0.15) is 5.75 Å². The molecule has 0 atom stereocenters. The number of nitrogens with zero attached hydrogens (tertiary/aromatic N) is 6. The van der Waals surface area contributed by atoms with Crippen LogP contribution in [0.2, 0.25) is 0 Å². The molecule has 2 aromatic carbocycles. The number of hydrogen-bond donors (Lipinski definition) is 1. The summed E-state index contributed by atoms with van der Waals surface area (Å²) in [6.45, 7) is 2.65. The van der Waals surface area contributed by atoms with Gasteiger partial charge in [0.05, 0.1) is 7.11 Å². The first kappa shape index (κ1) is 18.4. The molecule has 2 N–H and O–H groups in total. The summed E-state index contributed by atoms with van der Waals surface area (Å²) in [5.41, 5.74) is 7.63. The van der Waals surface area contributed by atoms with Gasteiger partial charge in [0.15, 0.2) is 0 Å². The molecule has 0 aliphatic carbocycles. The maximum atomic E-state index is 5.93. The van der Waals surface area contributed by atoms with Gasteiger partial charge in [0.25, 0.3) is 5.89 Å². The monoisotopic (exact) mass is 389 g/mol. The van der Waals surface area contributed by atoms with Gasteiger partial charge in [0, 0.05) is 17.8 Å². The Kier molecular flexibility index (Phi) is 5.02. The van der Waals surface area contributed by atoms with Crippen LogP contribution in [0.3, 0.4) is 0 Å². The average Bonchev–Trinajstić information content (AvgIpc) is 3.25. The Balaban J connectivity index is 1.68. The summed E-state index contributed by atoms with van der Waals surface area (Å²) in [7, 11) is 1.61. The molecule has 2 aromatic heterocycles. The Morgan fingerprint density at radius 2 is 1.69 bits per heavy atom. The van der Waals surface area contributed by atoms with Gasteiger partial charge in [0.2, 0.25) is 23.5 Å². The SMILES string of the molecule is CCN(c1ccccc1)c1nc(N)nc(-c2noc(-c3ccc(OC)cc3)n2)n1. The van der Waals surface area contributed by atoms with Gasteiger partial charge in [-0.2, -0.15) is 19.9 Å². The topological polar surface area (TPSA) is 116 Å². The Bertz CT molecular complexity index is 1100. The molecule has 9 nitrogen and oxygen atoms in total. The van der Waals surface area contributed by atoms with E-state index in [9.17, 15) is 0 Å². The maximum absolute atomic E-state index is 5.93. The molecule has 0 amide bonds. The van der Waals surface area contributed by atoms with Crippen molar-refractivity contribution in [2.75, 3.05) is 24.3 Å². The zero-order valence-electron chi connectivity index (χ0n) is 16.0. The molecule has 9 heteroatoms. The zero-order valence-corrected chi connectivity index (χ0v) is 16.0. The van der Waals surface area contributed by atoms with Crippen molar-refractivity contribution in [1.29, 1.82) is 0 Å². The number of rotatable bonds is 6. The molecule has 146 valence electrons. The van der Waals surface area contributed by atoms with E-state index in [4.69, 9.17) is 15.0 Å². The molecule has 0 bridgehead atoms. The molecule has 0 radical (unpaired) electrons. The van der Waals surface area contributed by atoms with E-state index in [0.717, 1.165) is 17.0 Å². The highest BCUT2D eigenvalue weighted by molar-refractivity contribution is 5.61. The molecule has 4 rings (SSSR count). The number of benzene rings is 2. The van der Waals surface area contributed by atoms with E-state index >= 15 is 0 Å². The minimum absolute atomic E-state index is 0.0789. The molecule has 2 heterocycles. The van der Waals surface area contributed by atoms with Crippen LogP contribution >= 0.6 is 0 Å². The van der Waals surface area contributed by atoms with E-state index < -0.39 is 0 Å². The van der Waals surface area contributed by atoms with Crippen LogP contribution in [0.4, 0.5) is 17.6 Å². The number of methoxy groups -OCH3 is 1. The molecule has 0 spiro atoms. The standard InChI is InChI=1S/C20H19N7O2/c1-3-27(14-7-5-4-6-8-14)20-24-16(23-19(21)25-20)17-22-18(29-26-17)13-9-11-15(28-2)12-10-13/h4-12H,3H2,1-2H3,(H2,21,23,24,25). The minimum Gasteiger partial charge on any atom is -0.497 e. The number of aromatic nitrogens is 5. The molecular weight excluding hydrogens is 370 g/mol. The van der Waals surface area contributed by atoms with Crippen LogP contribution < -0.4 is 15.4 Å². The summed E-state index contributed by atoms with van der Waals surface area (Å²) in [5, 5.41) is 4.00. The normalized spacial score (nSPS) is 10.7. The van der Waals surface area contributed by atoms with E-state index in [-0.39, 0.29) is 17.6 Å². The maximum Gasteiger partial charge on any atom is 0.258 e. The van der Waals surface area contributed by atoms with Gasteiger partial charge in [-0.1, -0.05) is 23.4 Å². The first-order valence-corrected chi connectivity index (χ1v) is 9.00. The lowest BCUT2D eigenvalue weighted by atomic mass is 10.2. The van der Waals surface area contributed by atoms with E-state index in [1.807, 2.05) is 66.4 Å². The van der Waals surface area contributed by atoms with Crippen LogP contribution in [0.25, 0.3) is 23.1 Å². The summed E-state index contributed by atoms with van der Waals surface area (Å²) >= 11 is 0. The molecule has 0 aliphatic heterocycles. The molecule has 0 fully saturated rings. The molecule has 0 unspecified atom stereocenters. The third-order valence-electron chi connectivity index (χ3n) is 4.23. The fourth-order valence-corrected chi connectivity index (χ4v) is 2.81. The van der Waals surface area contributed by atoms with Crippen LogP contribution in [0.15, 0.2) is 59.1 Å². The molecular formula is C20H19N7O2. The van der Waals surface area contributed by atoms with Gasteiger partial charge in [-0.25, -0.2) is 0 Å². The van der Waals surface area contributed by atoms with E-state index in [0.29, 0.717) is 18.4 Å². The number of ether oxygens (including phenoxy) is 1. The number of para-hydroxylation sites is 1. The second-order valence-electron chi connectivity index (χ2n) is 6.05. The van der Waals surface area contributed by atoms with Crippen molar-refractivity contribution in [3.63, 3.8) is 0 Å². The molecule has 0 aliphatic rings. The fraction of sp³-hybridized carbons (Fsp3) is 0.150. The van der Waals surface area contributed by atoms with Crippen LogP contribution in [-0.2, 0) is 0 Å². The van der Waals surface area contributed by atoms with Gasteiger partial charge in [-0.3, -0.25) is 0 Å². The fourth-order valence-electron chi connectivity index (χ4n) is 2.81. The van der Waals surface area contributed by atoms with Crippen molar-refractivity contribution in [2.45, 2.75) is 6.92 Å². The Morgan fingerprint density at radius 1 is 0.931 bits per heavy atom. The highest BCUT2D eigenvalue weighted by Crippen LogP contribution is 2.26. The van der Waals surface area contributed by atoms with Gasteiger partial charge < -0.3 is 19.9 Å². The smallest absolute Gasteiger partial charge is 0.258 e. The minimum atomic E-state index is 0.0789. The zero-order chi connectivity index (χ0) is 20.2. The van der Waals surface area contributed by atoms with Crippen LogP contribution in [0.5, 0.6) is 5.75 Å². The Morgan fingerprint density at radius 3 is 2.38 bits per heavy atom. The highest BCUT2D eigenvalue weighted by Gasteiger charge is 2.18. The second kappa shape index (κ2) is 7.93. The molecule has 0 saturated heterocycles. The summed E-state index contributed by atoms with van der Waals surface area (Å²) in [6.07, 6.45) is 0. The van der Waals surface area contributed by atoms with Crippen molar-refractivity contribution in [3.05, 3.63) is 54.6 Å². The molecule has 29 heavy (non-hydrogen) atoms. The molecule has 4 aromatic rings. The van der Waals surface area contributed by atoms with Crippen LogP contribution in [-0.4, -0.2) is 38.7 Å². The van der Waals surface area contributed by atoms with Crippen molar-refractivity contribution in [2.24, 2.45) is 0 Å². The summed E-state index contributed by atoms with van der Waals surface area (Å²) in [6, 6.07) is 17.1. The number of hydrogen-bond acceptors (Lipinski definition) is 9. The predicted octanol–water partition coefficient (Wildman–Crippen LogP) is 3.34. The second-order valence-corrected chi connectivity index (χ2v) is 6.05. The van der Waals surface area contributed by atoms with Crippen molar-refractivity contribution in [1.82, 2.24) is 25.1 Å². The summed E-state index contributed by atoms with van der Waals surface area (Å²) < 4.78 is 10.5. The van der Waals surface area contributed by atoms with Gasteiger partial charge >= 0.3 is 0 Å². The quantitative estimate of drug-likeness (QED) is 0.530. The first-order valence-electron chi connectivity index (χ1n) is 9.00. The molecule has 0 saturated carbocycles. The average molecular weight is 389 g/mol. The van der Waals surface area contributed by atoms with Crippen molar-refractivity contribution < 1.29 is 9.26 Å². The van der Waals surface area contributed by atoms with Crippen molar-refractivity contribution >= 4 is 17.6 Å². The number of nitrogens with two attached hydrogens (primary N) is 1. The largest absolute Gasteiger partial charge is 0.497 e. The first-order chi connectivity index (χ1) is 14.2. The summed E-state index contributed by atoms with van der Waals surface area (Å²) in [4.78, 5) is 19.3. The number of nitrogen functional groups attached to an aromatic ring is 1. The van der Waals surface area contributed by atoms with E-state index in [1.165, 1.54) is 0 Å². The van der Waals surface area contributed by atoms with Crippen molar-refractivity contribution in [3.8, 4) is 28.9 Å². The van der Waals surface area contributed by atoms with Crippen LogP contribution in [0, 0.1) is 0 Å². The highest BCUT2D eigenvalue weighted by atomic mass is 16.5. The Hall–Kier alpha value is -4.01. The van der Waals surface area contributed by atoms with E-state index in [1.54, 1.807) is 7.11 Å². The third kappa shape index (κ3) is 3.84. The lowest BCUT2D eigenvalue weighted by molar-refractivity contribution is 0.414. The van der Waals surface area contributed by atoms with E-state index in [2.05, 4.69) is 25.1 Å². The lowest BCUT2D eigenvalue weighted by Crippen LogP contribution is -2.20. The lowest BCUT2D eigenvalue weighted by Gasteiger charge is -2.20. The predicted molar refractivity (Wildman–Crippen MR) is 109 cm³/mol. The van der Waals surface area contributed by atoms with Gasteiger partial charge in [-0.05, 0) is 43.3 Å². The third-order valence-corrected chi connectivity index (χ3v) is 4.23. The summed E-state index contributed by atoms with van der Waals surface area (Å²) in [5.74, 6) is 2.05. The Labute approximate surface area is 167 Å².